The summed E-state index contributed by atoms with van der Waals surface area (Å²) in [4.78, 5) is 11.1. The molecule has 0 amide bonds. The molecule has 0 heterocycles. The van der Waals surface area contributed by atoms with E-state index in [1.54, 1.807) is 7.11 Å². The molecule has 5 nitrogen and oxygen atoms in total. The van der Waals surface area contributed by atoms with E-state index in [4.69, 9.17) is 14.2 Å². The van der Waals surface area contributed by atoms with Crippen LogP contribution >= 0.6 is 0 Å². The first-order valence-corrected chi connectivity index (χ1v) is 6.66. The third kappa shape index (κ3) is 6.20. The van der Waals surface area contributed by atoms with Crippen LogP contribution in [0.3, 0.4) is 0 Å². The average Bonchev–Trinajstić information content (AvgIpc) is 2.43. The molecule has 0 saturated heterocycles. The van der Waals surface area contributed by atoms with E-state index >= 15 is 0 Å². The van der Waals surface area contributed by atoms with Crippen LogP contribution in [-0.2, 0) is 9.47 Å². The van der Waals surface area contributed by atoms with E-state index < -0.39 is 11.9 Å². The summed E-state index contributed by atoms with van der Waals surface area (Å²) in [5.74, 6) is -0.736. The van der Waals surface area contributed by atoms with Crippen molar-refractivity contribution < 1.29 is 28.5 Å². The van der Waals surface area contributed by atoms with Gasteiger partial charge in [0.1, 0.15) is 24.3 Å². The molecule has 1 aromatic carbocycles. The number of ether oxygens (including phenoxy) is 3. The Hall–Kier alpha value is -1.50. The van der Waals surface area contributed by atoms with Gasteiger partial charge in [0.05, 0.1) is 24.9 Å². The van der Waals surface area contributed by atoms with Gasteiger partial charge in [-0.3, -0.25) is 4.79 Å². The Morgan fingerprint density at radius 3 is 2.62 bits per heavy atom. The van der Waals surface area contributed by atoms with Crippen molar-refractivity contribution in [1.82, 2.24) is 0 Å². The quantitative estimate of drug-likeness (QED) is 0.705. The molecule has 2 atom stereocenters. The fraction of sp³-hybridized carbons (Fsp3) is 0.533. The van der Waals surface area contributed by atoms with Gasteiger partial charge in [0.2, 0.25) is 0 Å². The summed E-state index contributed by atoms with van der Waals surface area (Å²) < 4.78 is 29.1. The molecule has 2 unspecified atom stereocenters. The fourth-order valence-electron chi connectivity index (χ4n) is 1.67. The van der Waals surface area contributed by atoms with Crippen molar-refractivity contribution in [3.8, 4) is 5.75 Å². The largest absolute Gasteiger partial charge is 0.491 e. The third-order valence-corrected chi connectivity index (χ3v) is 2.74. The Morgan fingerprint density at radius 2 is 2.05 bits per heavy atom. The highest BCUT2D eigenvalue weighted by molar-refractivity contribution is 5.94. The van der Waals surface area contributed by atoms with E-state index in [0.717, 1.165) is 6.07 Å². The highest BCUT2D eigenvalue weighted by Gasteiger charge is 2.11. The number of carbonyl (C=O) groups is 1. The van der Waals surface area contributed by atoms with Crippen LogP contribution in [-0.4, -0.2) is 50.0 Å². The van der Waals surface area contributed by atoms with Crippen LogP contribution in [0.25, 0.3) is 0 Å². The SMILES string of the molecule is COCC(C)OCC(O)COc1ccc(C(C)=O)c(F)c1. The average molecular weight is 300 g/mol. The van der Waals surface area contributed by atoms with E-state index in [9.17, 15) is 14.3 Å². The molecule has 6 heteroatoms. The van der Waals surface area contributed by atoms with E-state index in [-0.39, 0.29) is 36.4 Å². The second kappa shape index (κ2) is 8.71. The second-order valence-corrected chi connectivity index (χ2v) is 4.76. The smallest absolute Gasteiger partial charge is 0.162 e. The van der Waals surface area contributed by atoms with E-state index in [0.29, 0.717) is 6.61 Å². The first-order valence-electron chi connectivity index (χ1n) is 6.66. The van der Waals surface area contributed by atoms with Crippen molar-refractivity contribution in [3.63, 3.8) is 0 Å². The highest BCUT2D eigenvalue weighted by Crippen LogP contribution is 2.17. The maximum atomic E-state index is 13.6. The van der Waals surface area contributed by atoms with Crippen LogP contribution in [0.5, 0.6) is 5.75 Å². The number of benzene rings is 1. The number of hydrogen-bond donors (Lipinski definition) is 1. The van der Waals surface area contributed by atoms with E-state index in [1.165, 1.54) is 19.1 Å². The predicted octanol–water partition coefficient (Wildman–Crippen LogP) is 1.82. The number of halogens is 1. The minimum atomic E-state index is -0.833. The second-order valence-electron chi connectivity index (χ2n) is 4.76. The molecule has 0 aromatic heterocycles. The summed E-state index contributed by atoms with van der Waals surface area (Å²) in [6.07, 6.45) is -0.961. The van der Waals surface area contributed by atoms with Crippen molar-refractivity contribution in [3.05, 3.63) is 29.6 Å². The topological polar surface area (TPSA) is 65.0 Å². The molecule has 0 bridgehead atoms. The van der Waals surface area contributed by atoms with Crippen molar-refractivity contribution >= 4 is 5.78 Å². The van der Waals surface area contributed by atoms with Crippen LogP contribution in [0.4, 0.5) is 4.39 Å². The van der Waals surface area contributed by atoms with Crippen LogP contribution in [0.1, 0.15) is 24.2 Å². The van der Waals surface area contributed by atoms with Gasteiger partial charge in [0.15, 0.2) is 5.78 Å². The van der Waals surface area contributed by atoms with Gasteiger partial charge in [-0.05, 0) is 26.0 Å². The zero-order valence-corrected chi connectivity index (χ0v) is 12.5. The Kier molecular flexibility index (Phi) is 7.28. The molecule has 0 aliphatic rings. The monoisotopic (exact) mass is 300 g/mol. The summed E-state index contributed by atoms with van der Waals surface area (Å²) in [6, 6.07) is 3.97. The molecule has 0 aliphatic heterocycles. The third-order valence-electron chi connectivity index (χ3n) is 2.74. The van der Waals surface area contributed by atoms with Crippen molar-refractivity contribution in [1.29, 1.82) is 0 Å². The Morgan fingerprint density at radius 1 is 1.33 bits per heavy atom. The highest BCUT2D eigenvalue weighted by atomic mass is 19.1. The standard InChI is InChI=1S/C15H21FO5/c1-10(7-19-3)20-8-12(18)9-21-13-4-5-14(11(2)17)15(16)6-13/h4-6,10,12,18H,7-9H2,1-3H3. The number of rotatable bonds is 9. The van der Waals surface area contributed by atoms with Gasteiger partial charge in [-0.1, -0.05) is 0 Å². The van der Waals surface area contributed by atoms with Crippen molar-refractivity contribution in [2.24, 2.45) is 0 Å². The number of aliphatic hydroxyl groups excluding tert-OH is 1. The van der Waals surface area contributed by atoms with Gasteiger partial charge in [0, 0.05) is 13.2 Å². The lowest BCUT2D eigenvalue weighted by atomic mass is 10.1. The van der Waals surface area contributed by atoms with Crippen LogP contribution in [0.15, 0.2) is 18.2 Å². The summed E-state index contributed by atoms with van der Waals surface area (Å²) in [7, 11) is 1.57. The lowest BCUT2D eigenvalue weighted by Gasteiger charge is -2.16. The molecule has 0 radical (unpaired) electrons. The molecule has 1 rings (SSSR count). The molecule has 0 spiro atoms. The molecule has 1 N–H and O–H groups in total. The predicted molar refractivity (Wildman–Crippen MR) is 75.2 cm³/mol. The Bertz CT molecular complexity index is 463. The number of hydrogen-bond acceptors (Lipinski definition) is 5. The fourth-order valence-corrected chi connectivity index (χ4v) is 1.67. The summed E-state index contributed by atoms with van der Waals surface area (Å²) in [5.41, 5.74) is 0.0135. The van der Waals surface area contributed by atoms with Crippen LogP contribution in [0, 0.1) is 5.82 Å². The van der Waals surface area contributed by atoms with Crippen molar-refractivity contribution in [2.75, 3.05) is 26.9 Å². The molecule has 0 saturated carbocycles. The van der Waals surface area contributed by atoms with E-state index in [2.05, 4.69) is 0 Å². The van der Waals surface area contributed by atoms with E-state index in [1.807, 2.05) is 6.92 Å². The molecular formula is C15H21FO5. The molecule has 118 valence electrons. The first-order chi connectivity index (χ1) is 9.93. The molecular weight excluding hydrogens is 279 g/mol. The van der Waals surface area contributed by atoms with Crippen molar-refractivity contribution in [2.45, 2.75) is 26.1 Å². The van der Waals surface area contributed by atoms with Gasteiger partial charge in [-0.15, -0.1) is 0 Å². The lowest BCUT2D eigenvalue weighted by molar-refractivity contribution is -0.0423. The number of aliphatic hydroxyl groups is 1. The Balaban J connectivity index is 2.41. The van der Waals surface area contributed by atoms with Crippen LogP contribution < -0.4 is 4.74 Å². The maximum absolute atomic E-state index is 13.6. The number of ketones is 1. The number of methoxy groups -OCH3 is 1. The number of carbonyl (C=O) groups excluding carboxylic acids is 1. The normalized spacial score (nSPS) is 13.8. The number of Topliss-reactive ketones (excluding diaryl/α,β-unsaturated/α-hetero) is 1. The summed E-state index contributed by atoms with van der Waals surface area (Å²) in [5, 5.41) is 9.70. The minimum Gasteiger partial charge on any atom is -0.491 e. The van der Waals surface area contributed by atoms with Gasteiger partial charge in [-0.2, -0.15) is 0 Å². The summed E-state index contributed by atoms with van der Waals surface area (Å²) in [6.45, 7) is 3.62. The zero-order chi connectivity index (χ0) is 15.8. The summed E-state index contributed by atoms with van der Waals surface area (Å²) >= 11 is 0. The minimum absolute atomic E-state index is 0.0135. The zero-order valence-electron chi connectivity index (χ0n) is 12.5. The van der Waals surface area contributed by atoms with Crippen LogP contribution in [0.2, 0.25) is 0 Å². The molecule has 21 heavy (non-hydrogen) atoms. The van der Waals surface area contributed by atoms with Gasteiger partial charge in [0.25, 0.3) is 0 Å². The maximum Gasteiger partial charge on any atom is 0.162 e. The van der Waals surface area contributed by atoms with Gasteiger partial charge in [-0.25, -0.2) is 4.39 Å². The molecule has 1 aromatic rings. The van der Waals surface area contributed by atoms with Gasteiger partial charge >= 0.3 is 0 Å². The first kappa shape index (κ1) is 17.6. The Labute approximate surface area is 123 Å². The molecule has 0 fully saturated rings. The lowest BCUT2D eigenvalue weighted by Crippen LogP contribution is -2.27. The molecule has 0 aliphatic carbocycles. The van der Waals surface area contributed by atoms with Gasteiger partial charge < -0.3 is 19.3 Å².